The molecule has 1 aliphatic rings. The summed E-state index contributed by atoms with van der Waals surface area (Å²) >= 11 is 0. The van der Waals surface area contributed by atoms with Crippen LogP contribution in [0.1, 0.15) is 50.9 Å². The molecule has 0 saturated heterocycles. The summed E-state index contributed by atoms with van der Waals surface area (Å²) in [6.45, 7) is 6.39. The van der Waals surface area contributed by atoms with Gasteiger partial charge in [0, 0.05) is 13.5 Å². The number of aromatic nitrogens is 2. The monoisotopic (exact) mass is 263 g/mol. The van der Waals surface area contributed by atoms with Crippen molar-refractivity contribution in [2.75, 3.05) is 12.4 Å². The molecule has 106 valence electrons. The second-order valence-electron chi connectivity index (χ2n) is 5.53. The van der Waals surface area contributed by atoms with Crippen LogP contribution in [0.2, 0.25) is 0 Å². The van der Waals surface area contributed by atoms with Crippen LogP contribution in [0.4, 0.5) is 5.82 Å². The van der Waals surface area contributed by atoms with Crippen molar-refractivity contribution >= 4 is 5.82 Å². The zero-order valence-corrected chi connectivity index (χ0v) is 12.5. The Kier molecular flexibility index (Phi) is 4.61. The number of ether oxygens (including phenoxy) is 1. The molecule has 0 aliphatic heterocycles. The van der Waals surface area contributed by atoms with E-state index in [9.17, 15) is 0 Å². The van der Waals surface area contributed by atoms with Crippen molar-refractivity contribution in [2.24, 2.45) is 5.92 Å². The Balaban J connectivity index is 2.18. The van der Waals surface area contributed by atoms with E-state index in [4.69, 9.17) is 4.74 Å². The molecule has 1 aliphatic carbocycles. The van der Waals surface area contributed by atoms with Gasteiger partial charge >= 0.3 is 0 Å². The third-order valence-electron chi connectivity index (χ3n) is 3.87. The highest BCUT2D eigenvalue weighted by atomic mass is 16.5. The molecule has 2 rings (SSSR count). The quantitative estimate of drug-likeness (QED) is 0.905. The van der Waals surface area contributed by atoms with E-state index in [1.165, 1.54) is 12.8 Å². The number of hydrogen-bond acceptors (Lipinski definition) is 4. The second-order valence-corrected chi connectivity index (χ2v) is 5.53. The maximum atomic E-state index is 6.15. The summed E-state index contributed by atoms with van der Waals surface area (Å²) in [4.78, 5) is 9.02. The van der Waals surface area contributed by atoms with E-state index in [-0.39, 0.29) is 0 Å². The lowest BCUT2D eigenvalue weighted by molar-refractivity contribution is 0.122. The van der Waals surface area contributed by atoms with Crippen LogP contribution in [0.3, 0.4) is 0 Å². The molecule has 2 unspecified atom stereocenters. The highest BCUT2D eigenvalue weighted by Crippen LogP contribution is 2.29. The van der Waals surface area contributed by atoms with Crippen LogP contribution in [-0.2, 0) is 6.42 Å². The Morgan fingerprint density at radius 1 is 1.32 bits per heavy atom. The van der Waals surface area contributed by atoms with Gasteiger partial charge in [0.25, 0.3) is 0 Å². The fourth-order valence-corrected chi connectivity index (χ4v) is 2.70. The molecule has 4 heteroatoms. The topological polar surface area (TPSA) is 47.0 Å². The Bertz CT molecular complexity index is 434. The first-order valence-electron chi connectivity index (χ1n) is 7.36. The molecule has 1 aromatic rings. The predicted octanol–water partition coefficient (Wildman–Crippen LogP) is 3.35. The zero-order chi connectivity index (χ0) is 13.8. The van der Waals surface area contributed by atoms with E-state index in [0.717, 1.165) is 48.3 Å². The van der Waals surface area contributed by atoms with Gasteiger partial charge in [-0.25, -0.2) is 4.98 Å². The largest absolute Gasteiger partial charge is 0.474 e. The van der Waals surface area contributed by atoms with Crippen molar-refractivity contribution in [1.29, 1.82) is 0 Å². The van der Waals surface area contributed by atoms with Crippen molar-refractivity contribution in [3.63, 3.8) is 0 Å². The van der Waals surface area contributed by atoms with Crippen LogP contribution in [0.25, 0.3) is 0 Å². The molecule has 1 heterocycles. The van der Waals surface area contributed by atoms with Crippen LogP contribution < -0.4 is 10.1 Å². The van der Waals surface area contributed by atoms with Gasteiger partial charge in [-0.05, 0) is 32.1 Å². The molecule has 1 saturated carbocycles. The van der Waals surface area contributed by atoms with Crippen molar-refractivity contribution in [2.45, 2.75) is 59.0 Å². The number of hydrogen-bond donors (Lipinski definition) is 1. The Morgan fingerprint density at radius 3 is 2.74 bits per heavy atom. The van der Waals surface area contributed by atoms with Crippen LogP contribution in [0, 0.1) is 12.8 Å². The molecule has 0 amide bonds. The average molecular weight is 263 g/mol. The van der Waals surface area contributed by atoms with Gasteiger partial charge in [0.15, 0.2) is 0 Å². The lowest BCUT2D eigenvalue weighted by atomic mass is 9.89. The van der Waals surface area contributed by atoms with E-state index in [1.54, 1.807) is 0 Å². The van der Waals surface area contributed by atoms with Gasteiger partial charge in [-0.1, -0.05) is 20.3 Å². The highest BCUT2D eigenvalue weighted by molar-refractivity contribution is 5.48. The second kappa shape index (κ2) is 6.22. The predicted molar refractivity (Wildman–Crippen MR) is 77.7 cm³/mol. The molecule has 0 aromatic carbocycles. The minimum atomic E-state index is 0.312. The zero-order valence-electron chi connectivity index (χ0n) is 12.5. The fourth-order valence-electron chi connectivity index (χ4n) is 2.70. The lowest BCUT2D eigenvalue weighted by Gasteiger charge is -2.27. The van der Waals surface area contributed by atoms with Crippen molar-refractivity contribution in [3.8, 4) is 5.88 Å². The van der Waals surface area contributed by atoms with Crippen molar-refractivity contribution < 1.29 is 4.74 Å². The summed E-state index contributed by atoms with van der Waals surface area (Å²) in [5, 5.41) is 3.13. The Morgan fingerprint density at radius 2 is 2.11 bits per heavy atom. The van der Waals surface area contributed by atoms with Crippen LogP contribution >= 0.6 is 0 Å². The molecule has 19 heavy (non-hydrogen) atoms. The first-order valence-corrected chi connectivity index (χ1v) is 7.36. The summed E-state index contributed by atoms with van der Waals surface area (Å²) < 4.78 is 6.15. The normalized spacial score (nSPS) is 23.2. The van der Waals surface area contributed by atoms with E-state index in [0.29, 0.717) is 6.10 Å². The molecule has 0 bridgehead atoms. The SMILES string of the molecule is CCc1nc(NC)c(C)c(OC2CCCC(C)C2)n1. The minimum absolute atomic E-state index is 0.312. The van der Waals surface area contributed by atoms with E-state index in [1.807, 2.05) is 14.0 Å². The van der Waals surface area contributed by atoms with Crippen LogP contribution in [-0.4, -0.2) is 23.1 Å². The van der Waals surface area contributed by atoms with E-state index < -0.39 is 0 Å². The average Bonchev–Trinajstić information content (AvgIpc) is 2.41. The summed E-state index contributed by atoms with van der Waals surface area (Å²) in [6.07, 6.45) is 6.00. The molecule has 1 fully saturated rings. The highest BCUT2D eigenvalue weighted by Gasteiger charge is 2.22. The smallest absolute Gasteiger partial charge is 0.222 e. The standard InChI is InChI=1S/C15H25N3O/c1-5-13-17-14(16-4)11(3)15(18-13)19-12-8-6-7-10(2)9-12/h10,12H,5-9H2,1-4H3,(H,16,17,18). The molecule has 0 spiro atoms. The molecule has 4 nitrogen and oxygen atoms in total. The molecule has 1 N–H and O–H groups in total. The van der Waals surface area contributed by atoms with Crippen LogP contribution in [0.5, 0.6) is 5.88 Å². The number of rotatable bonds is 4. The van der Waals surface area contributed by atoms with Gasteiger partial charge in [-0.15, -0.1) is 0 Å². The molecule has 1 aromatic heterocycles. The van der Waals surface area contributed by atoms with Crippen LogP contribution in [0.15, 0.2) is 0 Å². The number of nitrogens with zero attached hydrogens (tertiary/aromatic N) is 2. The minimum Gasteiger partial charge on any atom is -0.474 e. The van der Waals surface area contributed by atoms with Gasteiger partial charge in [-0.2, -0.15) is 4.98 Å². The Labute approximate surface area is 116 Å². The summed E-state index contributed by atoms with van der Waals surface area (Å²) in [6, 6.07) is 0. The third kappa shape index (κ3) is 3.37. The van der Waals surface area contributed by atoms with Gasteiger partial charge < -0.3 is 10.1 Å². The summed E-state index contributed by atoms with van der Waals surface area (Å²) in [5.41, 5.74) is 1.01. The van der Waals surface area contributed by atoms with Gasteiger partial charge in [0.1, 0.15) is 17.7 Å². The van der Waals surface area contributed by atoms with Gasteiger partial charge in [-0.3, -0.25) is 0 Å². The third-order valence-corrected chi connectivity index (χ3v) is 3.87. The number of nitrogens with one attached hydrogen (secondary N) is 1. The molecule has 0 radical (unpaired) electrons. The first-order chi connectivity index (χ1) is 9.13. The number of aryl methyl sites for hydroxylation is 1. The van der Waals surface area contributed by atoms with Gasteiger partial charge in [0.2, 0.25) is 5.88 Å². The number of anilines is 1. The Hall–Kier alpha value is -1.32. The molecule has 2 atom stereocenters. The lowest BCUT2D eigenvalue weighted by Crippen LogP contribution is -2.25. The van der Waals surface area contributed by atoms with E-state index in [2.05, 4.69) is 29.1 Å². The summed E-state index contributed by atoms with van der Waals surface area (Å²) in [7, 11) is 1.89. The summed E-state index contributed by atoms with van der Waals surface area (Å²) in [5.74, 6) is 3.24. The van der Waals surface area contributed by atoms with Crippen molar-refractivity contribution in [3.05, 3.63) is 11.4 Å². The molecular formula is C15H25N3O. The van der Waals surface area contributed by atoms with E-state index >= 15 is 0 Å². The van der Waals surface area contributed by atoms with Crippen molar-refractivity contribution in [1.82, 2.24) is 9.97 Å². The van der Waals surface area contributed by atoms with Gasteiger partial charge in [0.05, 0.1) is 5.56 Å². The molecular weight excluding hydrogens is 238 g/mol. The maximum Gasteiger partial charge on any atom is 0.222 e. The fraction of sp³-hybridized carbons (Fsp3) is 0.733. The first kappa shape index (κ1) is 14.1. The maximum absolute atomic E-state index is 6.15.